The molecule has 2 aromatic carbocycles. The highest BCUT2D eigenvalue weighted by Crippen LogP contribution is 2.38. The lowest BCUT2D eigenvalue weighted by Gasteiger charge is -2.14. The third kappa shape index (κ3) is 4.30. The summed E-state index contributed by atoms with van der Waals surface area (Å²) in [5.74, 6) is -0.650. The van der Waals surface area contributed by atoms with E-state index < -0.39 is 27.5 Å². The second-order valence-corrected chi connectivity index (χ2v) is 6.78. The third-order valence-electron chi connectivity index (χ3n) is 3.33. The summed E-state index contributed by atoms with van der Waals surface area (Å²) in [7, 11) is -3.02. The van der Waals surface area contributed by atoms with Crippen molar-refractivity contribution in [1.29, 1.82) is 0 Å². The molecular formula is C16H14F3NO4S. The van der Waals surface area contributed by atoms with Gasteiger partial charge in [-0.15, -0.1) is 0 Å². The first kappa shape index (κ1) is 18.8. The van der Waals surface area contributed by atoms with Gasteiger partial charge in [-0.25, -0.2) is 8.42 Å². The van der Waals surface area contributed by atoms with Crippen LogP contribution in [0.4, 0.5) is 18.9 Å². The van der Waals surface area contributed by atoms with E-state index in [-0.39, 0.29) is 16.4 Å². The maximum atomic E-state index is 13.0. The molecule has 0 heterocycles. The van der Waals surface area contributed by atoms with Gasteiger partial charge in [0.05, 0.1) is 17.6 Å². The largest absolute Gasteiger partial charge is 0.496 e. The summed E-state index contributed by atoms with van der Waals surface area (Å²) in [5.41, 5.74) is -1.03. The van der Waals surface area contributed by atoms with Crippen LogP contribution >= 0.6 is 0 Å². The van der Waals surface area contributed by atoms with Crippen LogP contribution in [0.2, 0.25) is 0 Å². The molecule has 2 aromatic rings. The maximum absolute atomic E-state index is 13.0. The molecular weight excluding hydrogens is 359 g/mol. The summed E-state index contributed by atoms with van der Waals surface area (Å²) in [6.45, 7) is 1.33. The molecule has 0 bridgehead atoms. The molecule has 1 N–H and O–H groups in total. The van der Waals surface area contributed by atoms with Gasteiger partial charge >= 0.3 is 6.18 Å². The number of anilines is 1. The molecule has 0 saturated heterocycles. The summed E-state index contributed by atoms with van der Waals surface area (Å²) in [6.07, 6.45) is -4.70. The van der Waals surface area contributed by atoms with Crippen LogP contribution in [-0.4, -0.2) is 21.3 Å². The minimum atomic E-state index is -4.70. The Labute approximate surface area is 142 Å². The van der Waals surface area contributed by atoms with Crippen molar-refractivity contribution in [3.8, 4) is 5.75 Å². The molecule has 25 heavy (non-hydrogen) atoms. The summed E-state index contributed by atoms with van der Waals surface area (Å²) in [4.78, 5) is 11.0. The van der Waals surface area contributed by atoms with Crippen LogP contribution in [0, 0.1) is 0 Å². The maximum Gasteiger partial charge on any atom is 0.420 e. The van der Waals surface area contributed by atoms with Crippen molar-refractivity contribution >= 4 is 21.5 Å². The number of ether oxygens (including phenoxy) is 1. The van der Waals surface area contributed by atoms with Gasteiger partial charge in [-0.05, 0) is 37.3 Å². The number of sulfonamides is 1. The predicted octanol–water partition coefficient (Wildman–Crippen LogP) is 3.72. The van der Waals surface area contributed by atoms with E-state index in [2.05, 4.69) is 9.46 Å². The number of rotatable bonds is 5. The molecule has 0 spiro atoms. The second-order valence-electron chi connectivity index (χ2n) is 5.10. The average Bonchev–Trinajstić information content (AvgIpc) is 2.53. The highest BCUT2D eigenvalue weighted by Gasteiger charge is 2.34. The number of methoxy groups -OCH3 is 1. The van der Waals surface area contributed by atoms with E-state index in [9.17, 15) is 26.4 Å². The number of hydrogen-bond acceptors (Lipinski definition) is 4. The molecule has 0 amide bonds. The normalized spacial score (nSPS) is 11.9. The van der Waals surface area contributed by atoms with E-state index in [1.807, 2.05) is 0 Å². The standard InChI is InChI=1S/C16H14F3NO4S/c1-10(21)11-3-6-13(7-4-11)25(22,23)20-12-5-8-15(24-2)14(9-12)16(17,18)19/h3-9,20H,1-2H3. The summed E-state index contributed by atoms with van der Waals surface area (Å²) >= 11 is 0. The molecule has 0 fully saturated rings. The van der Waals surface area contributed by atoms with Crippen LogP contribution in [0.15, 0.2) is 47.4 Å². The fourth-order valence-electron chi connectivity index (χ4n) is 2.08. The molecule has 0 unspecified atom stereocenters. The van der Waals surface area contributed by atoms with Gasteiger partial charge in [0.2, 0.25) is 0 Å². The molecule has 0 aromatic heterocycles. The number of ketones is 1. The first-order chi connectivity index (χ1) is 11.5. The van der Waals surface area contributed by atoms with Crippen molar-refractivity contribution in [2.24, 2.45) is 0 Å². The number of benzene rings is 2. The minimum Gasteiger partial charge on any atom is -0.496 e. The van der Waals surface area contributed by atoms with E-state index in [0.717, 1.165) is 19.2 Å². The molecule has 5 nitrogen and oxygen atoms in total. The van der Waals surface area contributed by atoms with Crippen LogP contribution in [0.5, 0.6) is 5.75 Å². The molecule has 0 aliphatic carbocycles. The zero-order valence-corrected chi connectivity index (χ0v) is 14.0. The number of Topliss-reactive ketones (excluding diaryl/α,β-unsaturated/α-hetero) is 1. The van der Waals surface area contributed by atoms with Crippen molar-refractivity contribution < 1.29 is 31.1 Å². The number of alkyl halides is 3. The lowest BCUT2D eigenvalue weighted by molar-refractivity contribution is -0.138. The van der Waals surface area contributed by atoms with Gasteiger partial charge in [-0.3, -0.25) is 9.52 Å². The molecule has 0 atom stereocenters. The van der Waals surface area contributed by atoms with Crippen LogP contribution in [0.3, 0.4) is 0 Å². The SMILES string of the molecule is COc1ccc(NS(=O)(=O)c2ccc(C(C)=O)cc2)cc1C(F)(F)F. The van der Waals surface area contributed by atoms with Gasteiger partial charge in [0, 0.05) is 11.3 Å². The Morgan fingerprint density at radius 3 is 2.16 bits per heavy atom. The van der Waals surface area contributed by atoms with Crippen molar-refractivity contribution in [3.05, 3.63) is 53.6 Å². The molecule has 0 saturated carbocycles. The molecule has 9 heteroatoms. The molecule has 0 radical (unpaired) electrons. The van der Waals surface area contributed by atoms with Gasteiger partial charge in [-0.2, -0.15) is 13.2 Å². The predicted molar refractivity (Wildman–Crippen MR) is 85.3 cm³/mol. The fraction of sp³-hybridized carbons (Fsp3) is 0.188. The fourth-order valence-corrected chi connectivity index (χ4v) is 3.13. The van der Waals surface area contributed by atoms with Gasteiger partial charge in [0.1, 0.15) is 5.75 Å². The Morgan fingerprint density at radius 2 is 1.68 bits per heavy atom. The van der Waals surface area contributed by atoms with E-state index in [0.29, 0.717) is 11.6 Å². The Kier molecular flexibility index (Phi) is 5.07. The average molecular weight is 373 g/mol. The van der Waals surface area contributed by atoms with E-state index >= 15 is 0 Å². The number of hydrogen-bond donors (Lipinski definition) is 1. The summed E-state index contributed by atoms with van der Waals surface area (Å²) in [6, 6.07) is 7.90. The Morgan fingerprint density at radius 1 is 1.08 bits per heavy atom. The Bertz CT molecular complexity index is 891. The number of carbonyl (C=O) groups excluding carboxylic acids is 1. The molecule has 0 aliphatic rings. The van der Waals surface area contributed by atoms with Crippen LogP contribution < -0.4 is 9.46 Å². The van der Waals surface area contributed by atoms with Crippen LogP contribution in [-0.2, 0) is 16.2 Å². The lowest BCUT2D eigenvalue weighted by Crippen LogP contribution is -2.14. The summed E-state index contributed by atoms with van der Waals surface area (Å²) in [5, 5.41) is 0. The highest BCUT2D eigenvalue weighted by molar-refractivity contribution is 7.92. The minimum absolute atomic E-state index is 0.179. The quantitative estimate of drug-likeness (QED) is 0.811. The zero-order chi connectivity index (χ0) is 18.8. The monoisotopic (exact) mass is 373 g/mol. The first-order valence-corrected chi connectivity index (χ1v) is 8.42. The third-order valence-corrected chi connectivity index (χ3v) is 4.73. The van der Waals surface area contributed by atoms with Crippen molar-refractivity contribution in [2.75, 3.05) is 11.8 Å². The van der Waals surface area contributed by atoms with Crippen LogP contribution in [0.1, 0.15) is 22.8 Å². The molecule has 134 valence electrons. The van der Waals surface area contributed by atoms with Crippen molar-refractivity contribution in [3.63, 3.8) is 0 Å². The van der Waals surface area contributed by atoms with E-state index in [4.69, 9.17) is 0 Å². The van der Waals surface area contributed by atoms with Crippen molar-refractivity contribution in [1.82, 2.24) is 0 Å². The number of halogens is 3. The van der Waals surface area contributed by atoms with Gasteiger partial charge in [0.25, 0.3) is 10.0 Å². The summed E-state index contributed by atoms with van der Waals surface area (Å²) < 4.78 is 70.3. The second kappa shape index (κ2) is 6.75. The first-order valence-electron chi connectivity index (χ1n) is 6.93. The van der Waals surface area contributed by atoms with Gasteiger partial charge in [0.15, 0.2) is 5.78 Å². The lowest BCUT2D eigenvalue weighted by atomic mass is 10.1. The smallest absolute Gasteiger partial charge is 0.420 e. The number of carbonyl (C=O) groups is 1. The van der Waals surface area contributed by atoms with E-state index in [1.54, 1.807) is 0 Å². The highest BCUT2D eigenvalue weighted by atomic mass is 32.2. The topological polar surface area (TPSA) is 72.5 Å². The zero-order valence-electron chi connectivity index (χ0n) is 13.2. The molecule has 0 aliphatic heterocycles. The van der Waals surface area contributed by atoms with Gasteiger partial charge < -0.3 is 4.74 Å². The Hall–Kier alpha value is -2.55. The van der Waals surface area contributed by atoms with Crippen LogP contribution in [0.25, 0.3) is 0 Å². The van der Waals surface area contributed by atoms with Crippen molar-refractivity contribution in [2.45, 2.75) is 18.0 Å². The molecule has 2 rings (SSSR count). The van der Waals surface area contributed by atoms with Gasteiger partial charge in [-0.1, -0.05) is 12.1 Å². The Balaban J connectivity index is 2.36. The number of nitrogens with one attached hydrogen (secondary N) is 1. The van der Waals surface area contributed by atoms with E-state index in [1.165, 1.54) is 31.2 Å².